The Labute approximate surface area is 187 Å². The summed E-state index contributed by atoms with van der Waals surface area (Å²) in [5.41, 5.74) is 1.43. The van der Waals surface area contributed by atoms with E-state index in [2.05, 4.69) is 6.07 Å². The Bertz CT molecular complexity index is 965. The van der Waals surface area contributed by atoms with E-state index in [4.69, 9.17) is 10.00 Å². The summed E-state index contributed by atoms with van der Waals surface area (Å²) in [6.45, 7) is 5.45. The number of carbonyl (C=O) groups is 1. The van der Waals surface area contributed by atoms with Crippen LogP contribution in [0.2, 0.25) is 0 Å². The number of rotatable bonds is 9. The average molecular weight is 438 g/mol. The normalized spacial score (nSPS) is 13.9. The molecule has 3 rings (SSSR count). The van der Waals surface area contributed by atoms with Gasteiger partial charge in [0.05, 0.1) is 30.6 Å². The minimum Gasteiger partial charge on any atom is -0.494 e. The average Bonchev–Trinajstić information content (AvgIpc) is 2.81. The number of hydrogen-bond acceptors (Lipinski definition) is 7. The summed E-state index contributed by atoms with van der Waals surface area (Å²) in [5, 5.41) is 20.3. The Hall–Kier alpha value is -3.64. The van der Waals surface area contributed by atoms with Crippen molar-refractivity contribution in [2.45, 2.75) is 13.3 Å². The van der Waals surface area contributed by atoms with E-state index < -0.39 is 0 Å². The molecule has 0 aliphatic carbocycles. The van der Waals surface area contributed by atoms with Crippen LogP contribution in [-0.2, 0) is 4.79 Å². The van der Waals surface area contributed by atoms with Crippen LogP contribution in [0.1, 0.15) is 13.3 Å². The summed E-state index contributed by atoms with van der Waals surface area (Å²) in [4.78, 5) is 29.7. The Kier molecular flexibility index (Phi) is 8.00. The molecule has 0 spiro atoms. The number of ether oxygens (including phenoxy) is 1. The maximum Gasteiger partial charge on any atom is 0.292 e. The Morgan fingerprint density at radius 2 is 1.84 bits per heavy atom. The number of nitriles is 1. The van der Waals surface area contributed by atoms with Gasteiger partial charge in [0.2, 0.25) is 5.91 Å². The van der Waals surface area contributed by atoms with Crippen molar-refractivity contribution in [1.82, 2.24) is 4.90 Å². The molecular weight excluding hydrogens is 410 g/mol. The highest BCUT2D eigenvalue weighted by molar-refractivity contribution is 5.94. The number of anilines is 2. The Morgan fingerprint density at radius 1 is 1.16 bits per heavy atom. The number of para-hydroxylation sites is 2. The van der Waals surface area contributed by atoms with Crippen LogP contribution in [0.15, 0.2) is 48.5 Å². The van der Waals surface area contributed by atoms with Crippen LogP contribution in [-0.4, -0.2) is 61.6 Å². The molecule has 0 radical (unpaired) electrons. The summed E-state index contributed by atoms with van der Waals surface area (Å²) in [6, 6.07) is 16.1. The van der Waals surface area contributed by atoms with Crippen LogP contribution in [0.3, 0.4) is 0 Å². The van der Waals surface area contributed by atoms with E-state index >= 15 is 0 Å². The van der Waals surface area contributed by atoms with Gasteiger partial charge in [0.25, 0.3) is 5.69 Å². The van der Waals surface area contributed by atoms with Gasteiger partial charge in [0, 0.05) is 44.5 Å². The first-order chi connectivity index (χ1) is 15.5. The molecule has 1 heterocycles. The SMILES string of the molecule is CCOc1ccc(N(CCC#N)C(=O)CN2CCN(c3ccccc3[N+](=O)[O-])CC2)cc1. The number of hydrogen-bond donors (Lipinski definition) is 0. The summed E-state index contributed by atoms with van der Waals surface area (Å²) in [7, 11) is 0. The number of benzene rings is 2. The van der Waals surface area contributed by atoms with Gasteiger partial charge in [0.15, 0.2) is 0 Å². The number of amides is 1. The lowest BCUT2D eigenvalue weighted by atomic mass is 10.2. The summed E-state index contributed by atoms with van der Waals surface area (Å²) < 4.78 is 5.46. The first-order valence-electron chi connectivity index (χ1n) is 10.6. The van der Waals surface area contributed by atoms with E-state index in [1.807, 2.05) is 41.0 Å². The zero-order chi connectivity index (χ0) is 22.9. The summed E-state index contributed by atoms with van der Waals surface area (Å²) in [6.07, 6.45) is 0.240. The van der Waals surface area contributed by atoms with Crippen LogP contribution in [0.5, 0.6) is 5.75 Å². The highest BCUT2D eigenvalue weighted by atomic mass is 16.6. The van der Waals surface area contributed by atoms with Crippen LogP contribution in [0.4, 0.5) is 17.1 Å². The molecule has 2 aromatic rings. The minimum atomic E-state index is -0.366. The number of carbonyl (C=O) groups excluding carboxylic acids is 1. The zero-order valence-electron chi connectivity index (χ0n) is 18.1. The molecule has 1 saturated heterocycles. The molecule has 0 unspecified atom stereocenters. The highest BCUT2D eigenvalue weighted by Gasteiger charge is 2.25. The largest absolute Gasteiger partial charge is 0.494 e. The summed E-state index contributed by atoms with van der Waals surface area (Å²) >= 11 is 0. The second-order valence-corrected chi connectivity index (χ2v) is 7.39. The highest BCUT2D eigenvalue weighted by Crippen LogP contribution is 2.28. The van der Waals surface area contributed by atoms with E-state index in [1.165, 1.54) is 6.07 Å². The van der Waals surface area contributed by atoms with Crippen LogP contribution in [0.25, 0.3) is 0 Å². The molecule has 2 aromatic carbocycles. The van der Waals surface area contributed by atoms with E-state index in [-0.39, 0.29) is 29.5 Å². The molecule has 0 aromatic heterocycles. The number of nitro benzene ring substituents is 1. The second kappa shape index (κ2) is 11.1. The molecular formula is C23H27N5O4. The van der Waals surface area contributed by atoms with Crippen molar-refractivity contribution in [3.8, 4) is 11.8 Å². The molecule has 1 amide bonds. The fraction of sp³-hybridized carbons (Fsp3) is 0.391. The lowest BCUT2D eigenvalue weighted by molar-refractivity contribution is -0.384. The van der Waals surface area contributed by atoms with Crippen LogP contribution >= 0.6 is 0 Å². The van der Waals surface area contributed by atoms with E-state index in [0.717, 1.165) is 11.4 Å². The third-order valence-corrected chi connectivity index (χ3v) is 5.36. The van der Waals surface area contributed by atoms with Crippen LogP contribution in [0, 0.1) is 21.4 Å². The monoisotopic (exact) mass is 437 g/mol. The van der Waals surface area contributed by atoms with Gasteiger partial charge in [-0.25, -0.2) is 0 Å². The zero-order valence-corrected chi connectivity index (χ0v) is 18.1. The van der Waals surface area contributed by atoms with Gasteiger partial charge in [0.1, 0.15) is 11.4 Å². The van der Waals surface area contributed by atoms with Gasteiger partial charge in [-0.05, 0) is 37.3 Å². The lowest BCUT2D eigenvalue weighted by Crippen LogP contribution is -2.50. The third kappa shape index (κ3) is 5.74. The molecule has 0 N–H and O–H groups in total. The molecule has 168 valence electrons. The van der Waals surface area contributed by atoms with Crippen molar-refractivity contribution in [3.05, 3.63) is 58.6 Å². The quantitative estimate of drug-likeness (QED) is 0.439. The van der Waals surface area contributed by atoms with Crippen molar-refractivity contribution >= 4 is 23.0 Å². The van der Waals surface area contributed by atoms with Crippen molar-refractivity contribution in [3.63, 3.8) is 0 Å². The van der Waals surface area contributed by atoms with Gasteiger partial charge in [-0.3, -0.25) is 19.8 Å². The van der Waals surface area contributed by atoms with Crippen molar-refractivity contribution < 1.29 is 14.5 Å². The first-order valence-corrected chi connectivity index (χ1v) is 10.6. The minimum absolute atomic E-state index is 0.0800. The Morgan fingerprint density at radius 3 is 2.47 bits per heavy atom. The Balaban J connectivity index is 1.62. The van der Waals surface area contributed by atoms with Gasteiger partial charge < -0.3 is 14.5 Å². The van der Waals surface area contributed by atoms with Crippen molar-refractivity contribution in [2.75, 3.05) is 55.7 Å². The molecule has 9 heteroatoms. The van der Waals surface area contributed by atoms with Gasteiger partial charge in [-0.1, -0.05) is 12.1 Å². The molecule has 32 heavy (non-hydrogen) atoms. The summed E-state index contributed by atoms with van der Waals surface area (Å²) in [5.74, 6) is 0.651. The predicted molar refractivity (Wildman–Crippen MR) is 122 cm³/mol. The second-order valence-electron chi connectivity index (χ2n) is 7.39. The lowest BCUT2D eigenvalue weighted by Gasteiger charge is -2.36. The standard InChI is InChI=1S/C23H27N5O4/c1-2-32-20-10-8-19(9-11-20)27(13-5-12-24)23(29)18-25-14-16-26(17-15-25)21-6-3-4-7-22(21)28(30)31/h3-4,6-11H,2,5,13-18H2,1H3. The first kappa shape index (κ1) is 23.0. The fourth-order valence-electron chi connectivity index (χ4n) is 3.76. The maximum atomic E-state index is 13.1. The molecule has 0 saturated carbocycles. The van der Waals surface area contributed by atoms with E-state index in [1.54, 1.807) is 23.1 Å². The van der Waals surface area contributed by atoms with E-state index in [0.29, 0.717) is 45.0 Å². The van der Waals surface area contributed by atoms with Gasteiger partial charge in [-0.2, -0.15) is 5.26 Å². The molecule has 1 aliphatic rings. The van der Waals surface area contributed by atoms with Gasteiger partial charge >= 0.3 is 0 Å². The molecule has 0 atom stereocenters. The molecule has 1 aliphatic heterocycles. The van der Waals surface area contributed by atoms with Crippen molar-refractivity contribution in [1.29, 1.82) is 5.26 Å². The van der Waals surface area contributed by atoms with E-state index in [9.17, 15) is 14.9 Å². The fourth-order valence-corrected chi connectivity index (χ4v) is 3.76. The van der Waals surface area contributed by atoms with Crippen molar-refractivity contribution in [2.24, 2.45) is 0 Å². The molecule has 9 nitrogen and oxygen atoms in total. The molecule has 0 bridgehead atoms. The van der Waals surface area contributed by atoms with Gasteiger partial charge in [-0.15, -0.1) is 0 Å². The third-order valence-electron chi connectivity index (χ3n) is 5.36. The van der Waals surface area contributed by atoms with Crippen LogP contribution < -0.4 is 14.5 Å². The number of piperazine rings is 1. The topological polar surface area (TPSA) is 103 Å². The smallest absolute Gasteiger partial charge is 0.292 e. The number of nitro groups is 1. The number of nitrogens with zero attached hydrogens (tertiary/aromatic N) is 5. The maximum absolute atomic E-state index is 13.1. The molecule has 1 fully saturated rings. The predicted octanol–water partition coefficient (Wildman–Crippen LogP) is 3.06.